The Labute approximate surface area is 108 Å². The molecule has 0 bridgehead atoms. The van der Waals surface area contributed by atoms with Crippen molar-refractivity contribution in [1.82, 2.24) is 15.0 Å². The van der Waals surface area contributed by atoms with E-state index in [9.17, 15) is 0 Å². The van der Waals surface area contributed by atoms with Crippen molar-refractivity contribution in [2.45, 2.75) is 19.4 Å². The lowest BCUT2D eigenvalue weighted by Crippen LogP contribution is -2.18. The first-order valence-corrected chi connectivity index (χ1v) is 6.13. The van der Waals surface area contributed by atoms with Gasteiger partial charge in [-0.1, -0.05) is 0 Å². The van der Waals surface area contributed by atoms with Crippen molar-refractivity contribution in [1.29, 1.82) is 0 Å². The number of nitrogens with two attached hydrogens (primary N) is 1. The molecule has 2 N–H and O–H groups in total. The van der Waals surface area contributed by atoms with Crippen molar-refractivity contribution < 1.29 is 0 Å². The Morgan fingerprint density at radius 3 is 2.41 bits per heavy atom. The van der Waals surface area contributed by atoms with E-state index in [4.69, 9.17) is 5.73 Å². The molecule has 0 spiro atoms. The summed E-state index contributed by atoms with van der Waals surface area (Å²) in [7, 11) is 0. The van der Waals surface area contributed by atoms with Gasteiger partial charge in [-0.25, -0.2) is 9.97 Å². The second-order valence-corrected chi connectivity index (χ2v) is 4.87. The Kier molecular flexibility index (Phi) is 3.81. The Bertz CT molecular complexity index is 479. The van der Waals surface area contributed by atoms with Crippen LogP contribution in [0.5, 0.6) is 0 Å². The van der Waals surface area contributed by atoms with Crippen LogP contribution in [0, 0.1) is 0 Å². The highest BCUT2D eigenvalue weighted by Crippen LogP contribution is 2.14. The molecule has 0 aliphatic heterocycles. The van der Waals surface area contributed by atoms with Gasteiger partial charge in [0.1, 0.15) is 5.69 Å². The molecule has 4 nitrogen and oxygen atoms in total. The quantitative estimate of drug-likeness (QED) is 0.942. The molecular weight excluding hydrogens is 280 g/mol. The molecule has 0 radical (unpaired) electrons. The molecule has 88 valence electrons. The zero-order chi connectivity index (χ0) is 12.3. The van der Waals surface area contributed by atoms with Crippen LogP contribution in [-0.4, -0.2) is 21.0 Å². The highest BCUT2D eigenvalue weighted by molar-refractivity contribution is 9.10. The fraction of sp³-hybridized carbons (Fsp3) is 0.250. The van der Waals surface area contributed by atoms with Gasteiger partial charge in [-0.2, -0.15) is 0 Å². The van der Waals surface area contributed by atoms with Crippen molar-refractivity contribution in [2.75, 3.05) is 0 Å². The standard InChI is InChI=1S/C12H13BrN4/c1-8(14)4-9-5-16-12(17-6-9)11-3-2-10(13)7-15-11/h2-3,5-8H,4,14H2,1H3. The van der Waals surface area contributed by atoms with Crippen LogP contribution < -0.4 is 5.73 Å². The third-order valence-electron chi connectivity index (χ3n) is 2.22. The lowest BCUT2D eigenvalue weighted by atomic mass is 10.1. The first-order chi connectivity index (χ1) is 8.15. The summed E-state index contributed by atoms with van der Waals surface area (Å²) in [4.78, 5) is 12.8. The van der Waals surface area contributed by atoms with E-state index in [1.165, 1.54) is 0 Å². The number of hydrogen-bond acceptors (Lipinski definition) is 4. The van der Waals surface area contributed by atoms with E-state index in [2.05, 4.69) is 30.9 Å². The van der Waals surface area contributed by atoms with Gasteiger partial charge < -0.3 is 5.73 Å². The summed E-state index contributed by atoms with van der Waals surface area (Å²) in [5.74, 6) is 0.630. The first kappa shape index (κ1) is 12.1. The lowest BCUT2D eigenvalue weighted by Gasteiger charge is -2.05. The third kappa shape index (κ3) is 3.31. The van der Waals surface area contributed by atoms with Crippen molar-refractivity contribution in [2.24, 2.45) is 5.73 Å². The third-order valence-corrected chi connectivity index (χ3v) is 2.69. The van der Waals surface area contributed by atoms with Crippen LogP contribution in [0.3, 0.4) is 0 Å². The summed E-state index contributed by atoms with van der Waals surface area (Å²) >= 11 is 3.34. The minimum atomic E-state index is 0.121. The Balaban J connectivity index is 2.20. The molecule has 1 unspecified atom stereocenters. The lowest BCUT2D eigenvalue weighted by molar-refractivity contribution is 0.732. The van der Waals surface area contributed by atoms with Gasteiger partial charge in [0.05, 0.1) is 0 Å². The van der Waals surface area contributed by atoms with Crippen LogP contribution in [0.1, 0.15) is 12.5 Å². The van der Waals surface area contributed by atoms with E-state index >= 15 is 0 Å². The summed E-state index contributed by atoms with van der Waals surface area (Å²) in [6.45, 7) is 1.96. The maximum atomic E-state index is 5.72. The van der Waals surface area contributed by atoms with Crippen molar-refractivity contribution in [3.05, 3.63) is 40.8 Å². The fourth-order valence-corrected chi connectivity index (χ4v) is 1.71. The molecular formula is C12H13BrN4. The van der Waals surface area contributed by atoms with Crippen LogP contribution >= 0.6 is 15.9 Å². The van der Waals surface area contributed by atoms with Gasteiger partial charge in [-0.15, -0.1) is 0 Å². The molecule has 2 rings (SSSR count). The Morgan fingerprint density at radius 1 is 1.18 bits per heavy atom. The normalized spacial score (nSPS) is 12.4. The van der Waals surface area contributed by atoms with Crippen LogP contribution in [0.2, 0.25) is 0 Å². The second-order valence-electron chi connectivity index (χ2n) is 3.96. The predicted molar refractivity (Wildman–Crippen MR) is 70.3 cm³/mol. The van der Waals surface area contributed by atoms with Crippen LogP contribution in [-0.2, 0) is 6.42 Å². The molecule has 0 saturated heterocycles. The Hall–Kier alpha value is -1.33. The smallest absolute Gasteiger partial charge is 0.178 e. The molecule has 0 saturated carbocycles. The Morgan fingerprint density at radius 2 is 1.88 bits per heavy atom. The van der Waals surface area contributed by atoms with Crippen LogP contribution in [0.4, 0.5) is 0 Å². The number of rotatable bonds is 3. The van der Waals surface area contributed by atoms with E-state index in [0.717, 1.165) is 22.2 Å². The van der Waals surface area contributed by atoms with Gasteiger partial charge in [0.15, 0.2) is 5.82 Å². The number of pyridine rings is 1. The molecule has 5 heteroatoms. The number of hydrogen-bond donors (Lipinski definition) is 1. The van der Waals surface area contributed by atoms with Crippen molar-refractivity contribution >= 4 is 15.9 Å². The maximum Gasteiger partial charge on any atom is 0.178 e. The highest BCUT2D eigenvalue weighted by Gasteiger charge is 2.04. The van der Waals surface area contributed by atoms with E-state index in [1.807, 2.05) is 19.1 Å². The molecule has 2 aromatic heterocycles. The van der Waals surface area contributed by atoms with Gasteiger partial charge in [0.25, 0.3) is 0 Å². The largest absolute Gasteiger partial charge is 0.328 e. The van der Waals surface area contributed by atoms with Gasteiger partial charge in [-0.3, -0.25) is 4.98 Å². The zero-order valence-corrected chi connectivity index (χ0v) is 11.1. The molecule has 0 fully saturated rings. The molecule has 0 amide bonds. The van der Waals surface area contributed by atoms with Gasteiger partial charge in [0.2, 0.25) is 0 Å². The predicted octanol–water partition coefficient (Wildman–Crippen LogP) is 2.19. The monoisotopic (exact) mass is 292 g/mol. The highest BCUT2D eigenvalue weighted by atomic mass is 79.9. The molecule has 2 aromatic rings. The molecule has 0 aliphatic carbocycles. The minimum Gasteiger partial charge on any atom is -0.328 e. The molecule has 0 aliphatic rings. The van der Waals surface area contributed by atoms with Gasteiger partial charge in [-0.05, 0) is 47.0 Å². The average molecular weight is 293 g/mol. The first-order valence-electron chi connectivity index (χ1n) is 5.33. The minimum absolute atomic E-state index is 0.121. The number of nitrogens with zero attached hydrogens (tertiary/aromatic N) is 3. The topological polar surface area (TPSA) is 64.7 Å². The van der Waals surface area contributed by atoms with E-state index < -0.39 is 0 Å². The summed E-state index contributed by atoms with van der Waals surface area (Å²) in [6.07, 6.45) is 6.12. The summed E-state index contributed by atoms with van der Waals surface area (Å²) in [6, 6.07) is 3.92. The summed E-state index contributed by atoms with van der Waals surface area (Å²) < 4.78 is 0.940. The molecule has 0 aromatic carbocycles. The van der Waals surface area contributed by atoms with Crippen LogP contribution in [0.25, 0.3) is 11.5 Å². The van der Waals surface area contributed by atoms with E-state index in [-0.39, 0.29) is 6.04 Å². The average Bonchev–Trinajstić information content (AvgIpc) is 2.30. The zero-order valence-electron chi connectivity index (χ0n) is 9.47. The number of halogens is 1. The van der Waals surface area contributed by atoms with Gasteiger partial charge >= 0.3 is 0 Å². The van der Waals surface area contributed by atoms with E-state index in [1.54, 1.807) is 18.6 Å². The summed E-state index contributed by atoms with van der Waals surface area (Å²) in [5, 5.41) is 0. The van der Waals surface area contributed by atoms with Gasteiger partial charge in [0, 0.05) is 29.1 Å². The second kappa shape index (κ2) is 5.33. The SMILES string of the molecule is CC(N)Cc1cnc(-c2ccc(Br)cn2)nc1. The van der Waals surface area contributed by atoms with Crippen molar-refractivity contribution in [3.63, 3.8) is 0 Å². The van der Waals surface area contributed by atoms with Crippen LogP contribution in [0.15, 0.2) is 35.2 Å². The molecule has 17 heavy (non-hydrogen) atoms. The molecule has 2 heterocycles. The molecule has 1 atom stereocenters. The maximum absolute atomic E-state index is 5.72. The summed E-state index contributed by atoms with van der Waals surface area (Å²) in [5.41, 5.74) is 7.52. The number of aromatic nitrogens is 3. The van der Waals surface area contributed by atoms with E-state index in [0.29, 0.717) is 5.82 Å². The van der Waals surface area contributed by atoms with Crippen molar-refractivity contribution in [3.8, 4) is 11.5 Å². The fourth-order valence-electron chi connectivity index (χ4n) is 1.47.